The average molecular weight is 422 g/mol. The highest BCUT2D eigenvalue weighted by Crippen LogP contribution is 2.28. The molecule has 2 aromatic rings. The summed E-state index contributed by atoms with van der Waals surface area (Å²) in [5.74, 6) is -0.0842. The molecule has 31 heavy (non-hydrogen) atoms. The van der Waals surface area contributed by atoms with Crippen LogP contribution in [0, 0.1) is 5.82 Å². The molecule has 3 nitrogen and oxygen atoms in total. The maximum absolute atomic E-state index is 13.2. The SMILES string of the molecule is C=C/C(=C\C=C/C)CC(c1ccccc1)C(C)NC(=O)C(C)(C)Oc1ccc(F)cc1. The van der Waals surface area contributed by atoms with E-state index in [-0.39, 0.29) is 23.7 Å². The summed E-state index contributed by atoms with van der Waals surface area (Å²) < 4.78 is 19.0. The van der Waals surface area contributed by atoms with E-state index in [0.29, 0.717) is 5.75 Å². The molecule has 0 bridgehead atoms. The Bertz CT molecular complexity index is 914. The van der Waals surface area contributed by atoms with Crippen molar-refractivity contribution in [1.29, 1.82) is 0 Å². The number of carbonyl (C=O) groups excluding carboxylic acids is 1. The number of benzene rings is 2. The van der Waals surface area contributed by atoms with Crippen LogP contribution >= 0.6 is 0 Å². The zero-order valence-corrected chi connectivity index (χ0v) is 18.8. The minimum Gasteiger partial charge on any atom is -0.478 e. The Balaban J connectivity index is 2.19. The van der Waals surface area contributed by atoms with Gasteiger partial charge < -0.3 is 10.1 Å². The average Bonchev–Trinajstić information content (AvgIpc) is 2.76. The van der Waals surface area contributed by atoms with Gasteiger partial charge in [-0.15, -0.1) is 0 Å². The fourth-order valence-electron chi connectivity index (χ4n) is 3.30. The molecule has 1 N–H and O–H groups in total. The summed E-state index contributed by atoms with van der Waals surface area (Å²) in [7, 11) is 0. The van der Waals surface area contributed by atoms with Crippen LogP contribution < -0.4 is 10.1 Å². The molecule has 0 aliphatic heterocycles. The Kier molecular flexibility index (Phi) is 8.80. The summed E-state index contributed by atoms with van der Waals surface area (Å²) in [4.78, 5) is 13.1. The van der Waals surface area contributed by atoms with Gasteiger partial charge in [0.15, 0.2) is 5.60 Å². The van der Waals surface area contributed by atoms with E-state index in [0.717, 1.165) is 17.6 Å². The Labute approximate surface area is 185 Å². The molecule has 164 valence electrons. The third-order valence-electron chi connectivity index (χ3n) is 5.14. The van der Waals surface area contributed by atoms with Gasteiger partial charge >= 0.3 is 0 Å². The van der Waals surface area contributed by atoms with Crippen LogP contribution in [-0.4, -0.2) is 17.6 Å². The normalized spacial score (nSPS) is 14.2. The van der Waals surface area contributed by atoms with Gasteiger partial charge in [-0.05, 0) is 69.5 Å². The summed E-state index contributed by atoms with van der Waals surface area (Å²) in [6, 6.07) is 15.6. The van der Waals surface area contributed by atoms with Crippen molar-refractivity contribution in [3.63, 3.8) is 0 Å². The van der Waals surface area contributed by atoms with E-state index >= 15 is 0 Å². The Morgan fingerprint density at radius 2 is 1.81 bits per heavy atom. The molecule has 0 fully saturated rings. The molecule has 4 heteroatoms. The highest BCUT2D eigenvalue weighted by Gasteiger charge is 2.33. The van der Waals surface area contributed by atoms with E-state index < -0.39 is 5.60 Å². The second-order valence-corrected chi connectivity index (χ2v) is 8.02. The number of rotatable bonds is 10. The van der Waals surface area contributed by atoms with E-state index in [9.17, 15) is 9.18 Å². The van der Waals surface area contributed by atoms with Gasteiger partial charge in [0.2, 0.25) is 0 Å². The monoisotopic (exact) mass is 421 g/mol. The molecule has 2 atom stereocenters. The summed E-state index contributed by atoms with van der Waals surface area (Å²) in [5, 5.41) is 3.12. The van der Waals surface area contributed by atoms with Gasteiger partial charge in [-0.3, -0.25) is 4.79 Å². The maximum atomic E-state index is 13.2. The molecule has 0 saturated heterocycles. The largest absolute Gasteiger partial charge is 0.478 e. The Hall–Kier alpha value is -3.14. The zero-order chi connectivity index (χ0) is 22.9. The molecular weight excluding hydrogens is 389 g/mol. The number of allylic oxidation sites excluding steroid dienone is 5. The topological polar surface area (TPSA) is 38.3 Å². The summed E-state index contributed by atoms with van der Waals surface area (Å²) in [6.45, 7) is 11.3. The summed E-state index contributed by atoms with van der Waals surface area (Å²) >= 11 is 0. The first-order valence-corrected chi connectivity index (χ1v) is 10.5. The van der Waals surface area contributed by atoms with Gasteiger partial charge in [-0.1, -0.05) is 61.2 Å². The van der Waals surface area contributed by atoms with Crippen LogP contribution in [0.4, 0.5) is 4.39 Å². The van der Waals surface area contributed by atoms with E-state index in [1.807, 2.05) is 56.4 Å². The zero-order valence-electron chi connectivity index (χ0n) is 18.8. The fourth-order valence-corrected chi connectivity index (χ4v) is 3.30. The highest BCUT2D eigenvalue weighted by molar-refractivity contribution is 5.85. The lowest BCUT2D eigenvalue weighted by molar-refractivity contribution is -0.135. The van der Waals surface area contributed by atoms with Crippen LogP contribution in [0.1, 0.15) is 45.6 Å². The first-order valence-electron chi connectivity index (χ1n) is 10.5. The van der Waals surface area contributed by atoms with Crippen molar-refractivity contribution in [2.75, 3.05) is 0 Å². The van der Waals surface area contributed by atoms with Crippen molar-refractivity contribution in [3.05, 3.63) is 102 Å². The molecule has 1 amide bonds. The number of nitrogens with one attached hydrogen (secondary N) is 1. The lowest BCUT2D eigenvalue weighted by Gasteiger charge is -2.31. The molecule has 0 spiro atoms. The van der Waals surface area contributed by atoms with Crippen LogP contribution in [0.2, 0.25) is 0 Å². The van der Waals surface area contributed by atoms with Crippen molar-refractivity contribution < 1.29 is 13.9 Å². The van der Waals surface area contributed by atoms with E-state index in [1.165, 1.54) is 24.3 Å². The molecule has 0 radical (unpaired) electrons. The lowest BCUT2D eigenvalue weighted by Crippen LogP contribution is -2.50. The number of hydrogen-bond acceptors (Lipinski definition) is 2. The highest BCUT2D eigenvalue weighted by atomic mass is 19.1. The molecule has 0 heterocycles. The predicted molar refractivity (Wildman–Crippen MR) is 126 cm³/mol. The van der Waals surface area contributed by atoms with Gasteiger partial charge in [-0.25, -0.2) is 4.39 Å². The third kappa shape index (κ3) is 7.25. The van der Waals surface area contributed by atoms with Crippen molar-refractivity contribution in [3.8, 4) is 5.75 Å². The van der Waals surface area contributed by atoms with Gasteiger partial charge in [0, 0.05) is 12.0 Å². The van der Waals surface area contributed by atoms with E-state index in [1.54, 1.807) is 13.8 Å². The van der Waals surface area contributed by atoms with E-state index in [2.05, 4.69) is 24.0 Å². The second-order valence-electron chi connectivity index (χ2n) is 8.02. The third-order valence-corrected chi connectivity index (χ3v) is 5.14. The summed E-state index contributed by atoms with van der Waals surface area (Å²) in [6.07, 6.45) is 8.59. The molecule has 2 aromatic carbocycles. The first kappa shape index (κ1) is 24.1. The molecule has 0 aliphatic rings. The number of amides is 1. The molecular formula is C27H32FNO2. The van der Waals surface area contributed by atoms with Crippen molar-refractivity contribution in [1.82, 2.24) is 5.32 Å². The quantitative estimate of drug-likeness (QED) is 0.454. The Morgan fingerprint density at radius 3 is 2.39 bits per heavy atom. The van der Waals surface area contributed by atoms with Crippen molar-refractivity contribution in [2.24, 2.45) is 0 Å². The first-order chi connectivity index (χ1) is 14.8. The summed E-state index contributed by atoms with van der Waals surface area (Å²) in [5.41, 5.74) is 1.12. The van der Waals surface area contributed by atoms with Crippen LogP contribution in [0.15, 0.2) is 91.1 Å². The molecule has 2 unspecified atom stereocenters. The number of ether oxygens (including phenoxy) is 1. The minimum atomic E-state index is -1.12. The van der Waals surface area contributed by atoms with Crippen molar-refractivity contribution >= 4 is 5.91 Å². The van der Waals surface area contributed by atoms with Crippen LogP contribution in [0.3, 0.4) is 0 Å². The van der Waals surface area contributed by atoms with Gasteiger partial charge in [0.25, 0.3) is 5.91 Å². The predicted octanol–water partition coefficient (Wildman–Crippen LogP) is 6.35. The number of carbonyl (C=O) groups is 1. The second kappa shape index (κ2) is 11.3. The molecule has 2 rings (SSSR count). The van der Waals surface area contributed by atoms with Crippen LogP contribution in [0.5, 0.6) is 5.75 Å². The van der Waals surface area contributed by atoms with Crippen molar-refractivity contribution in [2.45, 2.75) is 51.7 Å². The van der Waals surface area contributed by atoms with Crippen LogP contribution in [0.25, 0.3) is 0 Å². The Morgan fingerprint density at radius 1 is 1.16 bits per heavy atom. The number of hydrogen-bond donors (Lipinski definition) is 1. The van der Waals surface area contributed by atoms with Crippen LogP contribution in [-0.2, 0) is 4.79 Å². The lowest BCUT2D eigenvalue weighted by atomic mass is 9.86. The van der Waals surface area contributed by atoms with Gasteiger partial charge in [0.05, 0.1) is 0 Å². The molecule has 0 aliphatic carbocycles. The molecule has 0 aromatic heterocycles. The molecule has 0 saturated carbocycles. The maximum Gasteiger partial charge on any atom is 0.263 e. The minimum absolute atomic E-state index is 0.0567. The standard InChI is InChI=1S/C27H32FNO2/c1-6-8-12-21(7-2)19-25(22-13-10-9-11-14-22)20(3)29-26(30)27(4,5)31-24-17-15-23(28)16-18-24/h6-18,20,25H,2,19H2,1,3-5H3,(H,29,30)/b8-6-,21-12+. The fraction of sp³-hybridized carbons (Fsp3) is 0.296. The van der Waals surface area contributed by atoms with Gasteiger partial charge in [-0.2, -0.15) is 0 Å². The number of halogens is 1. The smallest absolute Gasteiger partial charge is 0.263 e. The van der Waals surface area contributed by atoms with E-state index in [4.69, 9.17) is 4.74 Å². The van der Waals surface area contributed by atoms with Gasteiger partial charge in [0.1, 0.15) is 11.6 Å².